The number of ether oxygens (including phenoxy) is 1. The van der Waals surface area contributed by atoms with Gasteiger partial charge in [-0.3, -0.25) is 19.4 Å². The maximum atomic E-state index is 13.1. The van der Waals surface area contributed by atoms with E-state index in [1.807, 2.05) is 35.2 Å². The Hall–Kier alpha value is -4.14. The summed E-state index contributed by atoms with van der Waals surface area (Å²) in [5.74, 6) is 0.184. The van der Waals surface area contributed by atoms with E-state index in [0.29, 0.717) is 23.1 Å². The number of aromatic amines is 1. The predicted octanol–water partition coefficient (Wildman–Crippen LogP) is 4.01. The van der Waals surface area contributed by atoms with E-state index in [0.717, 1.165) is 25.8 Å². The number of piperidine rings is 1. The number of benzene rings is 2. The number of fused-ring (bicyclic) bond motifs is 1. The summed E-state index contributed by atoms with van der Waals surface area (Å²) in [6, 6.07) is 16.5. The molecule has 2 aliphatic rings. The third kappa shape index (κ3) is 4.89. The molecule has 3 aromatic rings. The fraction of sp³-hybridized carbons (Fsp3) is 0.308. The van der Waals surface area contributed by atoms with Crippen LogP contribution in [0.25, 0.3) is 0 Å². The van der Waals surface area contributed by atoms with Gasteiger partial charge in [0.15, 0.2) is 0 Å². The Morgan fingerprint density at radius 2 is 1.80 bits per heavy atom. The third-order valence-electron chi connectivity index (χ3n) is 6.43. The number of hydrogen-bond donors (Lipinski definition) is 3. The monoisotopic (exact) mass is 473 g/mol. The summed E-state index contributed by atoms with van der Waals surface area (Å²) in [5.41, 5.74) is 0.306. The highest BCUT2D eigenvalue weighted by Crippen LogP contribution is 2.32. The number of nitrogens with one attached hydrogen (secondary N) is 3. The van der Waals surface area contributed by atoms with E-state index in [1.165, 1.54) is 0 Å². The van der Waals surface area contributed by atoms with Gasteiger partial charge in [0.05, 0.1) is 11.5 Å². The fourth-order valence-corrected chi connectivity index (χ4v) is 4.59. The molecule has 1 fully saturated rings. The van der Waals surface area contributed by atoms with Crippen molar-refractivity contribution in [2.45, 2.75) is 44.6 Å². The summed E-state index contributed by atoms with van der Waals surface area (Å²) < 4.78 is 5.78. The molecule has 180 valence electrons. The van der Waals surface area contributed by atoms with Crippen LogP contribution in [0.2, 0.25) is 0 Å². The largest absolute Gasteiger partial charge is 0.457 e. The Labute approximate surface area is 202 Å². The number of carbonyl (C=O) groups is 2. The second-order valence-corrected chi connectivity index (χ2v) is 8.92. The molecule has 0 aliphatic carbocycles. The third-order valence-corrected chi connectivity index (χ3v) is 6.43. The van der Waals surface area contributed by atoms with Gasteiger partial charge < -0.3 is 20.3 Å². The van der Waals surface area contributed by atoms with Crippen LogP contribution >= 0.6 is 0 Å². The molecule has 2 aliphatic heterocycles. The van der Waals surface area contributed by atoms with Gasteiger partial charge in [0, 0.05) is 24.7 Å². The molecule has 1 aromatic heterocycles. The number of rotatable bonds is 5. The molecular formula is C26H27N5O4. The summed E-state index contributed by atoms with van der Waals surface area (Å²) in [6.07, 6.45) is 3.02. The molecule has 1 saturated heterocycles. The Morgan fingerprint density at radius 3 is 2.54 bits per heavy atom. The first-order chi connectivity index (χ1) is 17.0. The van der Waals surface area contributed by atoms with Gasteiger partial charge in [-0.25, -0.2) is 0 Å². The predicted molar refractivity (Wildman–Crippen MR) is 133 cm³/mol. The SMILES string of the molecule is C[C@H]1CCCCN1c1nc2c(c(=O)[nH]1)[C@H](C(=O)Nc1ccc(Oc3ccccc3)cc1)CC(=O)N2. The van der Waals surface area contributed by atoms with Crippen LogP contribution in [-0.4, -0.2) is 34.4 Å². The van der Waals surface area contributed by atoms with E-state index in [2.05, 4.69) is 27.5 Å². The molecule has 9 nitrogen and oxygen atoms in total. The van der Waals surface area contributed by atoms with Gasteiger partial charge in [0.2, 0.25) is 17.8 Å². The highest BCUT2D eigenvalue weighted by molar-refractivity contribution is 6.04. The Morgan fingerprint density at radius 1 is 1.06 bits per heavy atom. The summed E-state index contributed by atoms with van der Waals surface area (Å²) in [6.45, 7) is 2.87. The van der Waals surface area contributed by atoms with Crippen molar-refractivity contribution in [2.24, 2.45) is 0 Å². The normalized spacial score (nSPS) is 19.5. The van der Waals surface area contributed by atoms with E-state index in [9.17, 15) is 14.4 Å². The van der Waals surface area contributed by atoms with Crippen molar-refractivity contribution in [3.63, 3.8) is 0 Å². The van der Waals surface area contributed by atoms with Gasteiger partial charge in [-0.05, 0) is 62.6 Å². The summed E-state index contributed by atoms with van der Waals surface area (Å²) in [5, 5.41) is 5.49. The van der Waals surface area contributed by atoms with E-state index in [-0.39, 0.29) is 29.8 Å². The number of hydrogen-bond acceptors (Lipinski definition) is 6. The van der Waals surface area contributed by atoms with Crippen molar-refractivity contribution >= 4 is 29.3 Å². The topological polar surface area (TPSA) is 116 Å². The van der Waals surface area contributed by atoms with Crippen LogP contribution in [0.5, 0.6) is 11.5 Å². The van der Waals surface area contributed by atoms with Crippen LogP contribution in [0.15, 0.2) is 59.4 Å². The van der Waals surface area contributed by atoms with E-state index in [1.54, 1.807) is 24.3 Å². The summed E-state index contributed by atoms with van der Waals surface area (Å²) in [4.78, 5) is 48.0. The van der Waals surface area contributed by atoms with Crippen LogP contribution in [0.1, 0.15) is 44.1 Å². The van der Waals surface area contributed by atoms with E-state index >= 15 is 0 Å². The quantitative estimate of drug-likeness (QED) is 0.516. The van der Waals surface area contributed by atoms with Crippen molar-refractivity contribution in [2.75, 3.05) is 22.1 Å². The van der Waals surface area contributed by atoms with Crippen molar-refractivity contribution in [3.8, 4) is 11.5 Å². The van der Waals surface area contributed by atoms with E-state index < -0.39 is 17.4 Å². The van der Waals surface area contributed by atoms with E-state index in [4.69, 9.17) is 4.74 Å². The molecule has 9 heteroatoms. The van der Waals surface area contributed by atoms with Crippen LogP contribution < -0.4 is 25.8 Å². The minimum atomic E-state index is -0.942. The van der Waals surface area contributed by atoms with Crippen LogP contribution in [0.4, 0.5) is 17.5 Å². The molecule has 2 aromatic carbocycles. The Bertz CT molecular complexity index is 1290. The van der Waals surface area contributed by atoms with Gasteiger partial charge >= 0.3 is 0 Å². The molecule has 0 saturated carbocycles. The molecule has 5 rings (SSSR count). The highest BCUT2D eigenvalue weighted by Gasteiger charge is 2.35. The molecule has 0 unspecified atom stereocenters. The number of H-pyrrole nitrogens is 1. The number of carbonyl (C=O) groups excluding carboxylic acids is 2. The maximum Gasteiger partial charge on any atom is 0.258 e. The van der Waals surface area contributed by atoms with Crippen molar-refractivity contribution in [1.82, 2.24) is 9.97 Å². The number of para-hydroxylation sites is 1. The number of nitrogens with zero attached hydrogens (tertiary/aromatic N) is 2. The number of amides is 2. The van der Waals surface area contributed by atoms with Gasteiger partial charge in [0.1, 0.15) is 17.3 Å². The lowest BCUT2D eigenvalue weighted by Gasteiger charge is -2.34. The van der Waals surface area contributed by atoms with Crippen LogP contribution in [0.3, 0.4) is 0 Å². The molecule has 3 heterocycles. The molecule has 3 N–H and O–H groups in total. The zero-order chi connectivity index (χ0) is 24.4. The summed E-state index contributed by atoms with van der Waals surface area (Å²) >= 11 is 0. The smallest absolute Gasteiger partial charge is 0.258 e. The highest BCUT2D eigenvalue weighted by atomic mass is 16.5. The minimum absolute atomic E-state index is 0.127. The lowest BCUT2D eigenvalue weighted by atomic mass is 9.92. The first-order valence-electron chi connectivity index (χ1n) is 11.8. The molecule has 0 spiro atoms. The molecule has 35 heavy (non-hydrogen) atoms. The molecule has 0 bridgehead atoms. The average molecular weight is 474 g/mol. The van der Waals surface area contributed by atoms with Crippen molar-refractivity contribution < 1.29 is 14.3 Å². The molecule has 2 amide bonds. The van der Waals surface area contributed by atoms with Gasteiger partial charge in [0.25, 0.3) is 5.56 Å². The standard InChI is InChI=1S/C26H27N5O4/c1-16-7-5-6-14-31(16)26-29-23-22(25(34)30-26)20(15-21(32)28-23)24(33)27-17-10-12-19(13-11-17)35-18-8-3-2-4-9-18/h2-4,8-13,16,20H,5-7,14-15H2,1H3,(H,27,33)(H2,28,29,30,32,34)/t16-,20+/m0/s1. The lowest BCUT2D eigenvalue weighted by molar-refractivity contribution is -0.123. The summed E-state index contributed by atoms with van der Waals surface area (Å²) in [7, 11) is 0. The molecular weight excluding hydrogens is 446 g/mol. The Balaban J connectivity index is 1.34. The second-order valence-electron chi connectivity index (χ2n) is 8.92. The zero-order valence-electron chi connectivity index (χ0n) is 19.4. The van der Waals surface area contributed by atoms with Gasteiger partial charge in [-0.1, -0.05) is 18.2 Å². The van der Waals surface area contributed by atoms with Crippen molar-refractivity contribution in [1.29, 1.82) is 0 Å². The van der Waals surface area contributed by atoms with Crippen LogP contribution in [-0.2, 0) is 9.59 Å². The lowest BCUT2D eigenvalue weighted by Crippen LogP contribution is -2.41. The zero-order valence-corrected chi connectivity index (χ0v) is 19.4. The van der Waals surface area contributed by atoms with Gasteiger partial charge in [-0.15, -0.1) is 0 Å². The first kappa shape index (κ1) is 22.6. The Kier molecular flexibility index (Phi) is 6.22. The average Bonchev–Trinajstić information content (AvgIpc) is 2.85. The number of aromatic nitrogens is 2. The number of anilines is 3. The first-order valence-corrected chi connectivity index (χ1v) is 11.8. The minimum Gasteiger partial charge on any atom is -0.457 e. The molecule has 2 atom stereocenters. The fourth-order valence-electron chi connectivity index (χ4n) is 4.59. The second kappa shape index (κ2) is 9.61. The maximum absolute atomic E-state index is 13.1. The van der Waals surface area contributed by atoms with Crippen molar-refractivity contribution in [3.05, 3.63) is 70.5 Å². The molecule has 0 radical (unpaired) electrons. The van der Waals surface area contributed by atoms with Gasteiger partial charge in [-0.2, -0.15) is 4.98 Å². The van der Waals surface area contributed by atoms with Crippen LogP contribution in [0, 0.1) is 0 Å².